The number of amides is 1. The Kier molecular flexibility index (Phi) is 10.5. The van der Waals surface area contributed by atoms with Crippen molar-refractivity contribution in [2.24, 2.45) is 0 Å². The van der Waals surface area contributed by atoms with Crippen molar-refractivity contribution in [3.05, 3.63) is 57.2 Å². The van der Waals surface area contributed by atoms with E-state index in [1.807, 2.05) is 25.1 Å². The van der Waals surface area contributed by atoms with Crippen molar-refractivity contribution in [3.8, 4) is 5.75 Å². The molecule has 0 aliphatic carbocycles. The molecule has 37 heavy (non-hydrogen) atoms. The molecule has 2 aromatic rings. The first kappa shape index (κ1) is 28.2. The number of ether oxygens (including phenoxy) is 1. The molecule has 2 atom stereocenters. The number of hydrogen-bond donors (Lipinski definition) is 2. The van der Waals surface area contributed by atoms with Gasteiger partial charge in [0, 0.05) is 28.2 Å². The van der Waals surface area contributed by atoms with Gasteiger partial charge in [-0.2, -0.15) is 0 Å². The monoisotopic (exact) mass is 619 g/mol. The van der Waals surface area contributed by atoms with E-state index in [2.05, 4.69) is 57.1 Å². The van der Waals surface area contributed by atoms with Crippen LogP contribution in [0, 0.1) is 10.5 Å². The van der Waals surface area contributed by atoms with Crippen LogP contribution in [-0.4, -0.2) is 54.4 Å². The van der Waals surface area contributed by atoms with Crippen LogP contribution in [0.1, 0.15) is 68.9 Å². The molecule has 2 heterocycles. The molecule has 2 aromatic carbocycles. The number of nitrogens with one attached hydrogen (secondary N) is 1. The molecule has 2 bridgehead atoms. The van der Waals surface area contributed by atoms with Crippen LogP contribution in [0.3, 0.4) is 0 Å². The van der Waals surface area contributed by atoms with Gasteiger partial charge in [-0.25, -0.2) is 4.79 Å². The van der Waals surface area contributed by atoms with Gasteiger partial charge in [-0.1, -0.05) is 37.5 Å². The number of benzene rings is 2. The number of nitrogens with zero attached hydrogens (tertiary/aromatic N) is 2. The van der Waals surface area contributed by atoms with E-state index >= 15 is 0 Å². The third kappa shape index (κ3) is 7.60. The summed E-state index contributed by atoms with van der Waals surface area (Å²) in [5, 5.41) is 13.8. The molecule has 0 radical (unpaired) electrons. The Morgan fingerprint density at radius 3 is 2.57 bits per heavy atom. The molecule has 7 heteroatoms. The molecule has 2 fully saturated rings. The maximum Gasteiger partial charge on any atom is 0.412 e. The lowest BCUT2D eigenvalue weighted by atomic mass is 9.80. The summed E-state index contributed by atoms with van der Waals surface area (Å²) in [6.45, 7) is 5.14. The Bertz CT molecular complexity index is 1020. The molecule has 4 rings (SSSR count). The van der Waals surface area contributed by atoms with Gasteiger partial charge in [-0.15, -0.1) is 0 Å². The predicted octanol–water partition coefficient (Wildman–Crippen LogP) is 6.83. The summed E-state index contributed by atoms with van der Waals surface area (Å²) in [6.07, 6.45) is 9.48. The molecule has 2 aliphatic heterocycles. The number of halogens is 1. The minimum absolute atomic E-state index is 0.00118. The van der Waals surface area contributed by atoms with E-state index < -0.39 is 6.09 Å². The number of unbranched alkanes of at least 4 members (excludes halogenated alkanes) is 3. The number of carboxylic acid groups (broad SMARTS) is 1. The Morgan fingerprint density at radius 2 is 1.86 bits per heavy atom. The summed E-state index contributed by atoms with van der Waals surface area (Å²) in [5.74, 6) is 0.633. The van der Waals surface area contributed by atoms with Gasteiger partial charge < -0.3 is 15.2 Å². The average Bonchev–Trinajstić information content (AvgIpc) is 2.86. The molecule has 0 saturated carbocycles. The standard InChI is InChI=1S/C30H42IN3O3/c1-22-13-14-29(37-2)28(17-22)34(30(35)36)27-19-25-11-8-12-26(20-27)33(25)16-6-4-3-5-15-32-21-23-9-7-10-24(31)18-23/h7,9-10,13-14,17-18,25-27,32H,3-6,8,11-12,15-16,19-21H2,1-2H3,(H,35,36). The van der Waals surface area contributed by atoms with E-state index in [-0.39, 0.29) is 6.04 Å². The molecule has 2 N–H and O–H groups in total. The fourth-order valence-corrected chi connectivity index (χ4v) is 6.86. The highest BCUT2D eigenvalue weighted by atomic mass is 127. The molecule has 0 aromatic heterocycles. The second-order valence-corrected chi connectivity index (χ2v) is 11.9. The Hall–Kier alpha value is -1.84. The lowest BCUT2D eigenvalue weighted by molar-refractivity contribution is 0.0287. The topological polar surface area (TPSA) is 65.0 Å². The smallest absolute Gasteiger partial charge is 0.412 e. The van der Waals surface area contributed by atoms with E-state index in [0.717, 1.165) is 38.0 Å². The summed E-state index contributed by atoms with van der Waals surface area (Å²) in [7, 11) is 1.62. The highest BCUT2D eigenvalue weighted by Crippen LogP contribution is 2.40. The van der Waals surface area contributed by atoms with Crippen molar-refractivity contribution < 1.29 is 14.6 Å². The van der Waals surface area contributed by atoms with Gasteiger partial charge in [-0.05, 0) is 117 Å². The molecule has 2 aliphatic rings. The first-order valence-corrected chi connectivity index (χ1v) is 14.9. The van der Waals surface area contributed by atoms with Crippen molar-refractivity contribution in [1.82, 2.24) is 10.2 Å². The Morgan fingerprint density at radius 1 is 1.11 bits per heavy atom. The molecule has 1 amide bonds. The van der Waals surface area contributed by atoms with E-state index in [1.165, 1.54) is 54.1 Å². The fraction of sp³-hybridized carbons (Fsp3) is 0.567. The number of fused-ring (bicyclic) bond motifs is 2. The summed E-state index contributed by atoms with van der Waals surface area (Å²) in [4.78, 5) is 16.8. The van der Waals surface area contributed by atoms with Gasteiger partial charge in [0.1, 0.15) is 5.75 Å². The SMILES string of the molecule is COc1ccc(C)cc1N(C(=O)O)C1CC2CCCC(C1)N2CCCCCCNCc1cccc(I)c1. The molecular formula is C30H42IN3O3. The van der Waals surface area contributed by atoms with Crippen molar-refractivity contribution in [3.63, 3.8) is 0 Å². The van der Waals surface area contributed by atoms with Crippen molar-refractivity contribution in [1.29, 1.82) is 0 Å². The lowest BCUT2D eigenvalue weighted by Crippen LogP contribution is -2.58. The van der Waals surface area contributed by atoms with E-state index in [4.69, 9.17) is 4.74 Å². The third-order valence-corrected chi connectivity index (χ3v) is 8.68. The van der Waals surface area contributed by atoms with Crippen molar-refractivity contribution in [2.75, 3.05) is 25.1 Å². The highest BCUT2D eigenvalue weighted by molar-refractivity contribution is 14.1. The molecule has 6 nitrogen and oxygen atoms in total. The molecular weight excluding hydrogens is 577 g/mol. The van der Waals surface area contributed by atoms with E-state index in [1.54, 1.807) is 12.0 Å². The summed E-state index contributed by atoms with van der Waals surface area (Å²) in [6, 6.07) is 15.4. The lowest BCUT2D eigenvalue weighted by Gasteiger charge is -2.50. The number of carbonyl (C=O) groups is 1. The normalized spacial score (nSPS) is 21.5. The summed E-state index contributed by atoms with van der Waals surface area (Å²) < 4.78 is 6.83. The van der Waals surface area contributed by atoms with Gasteiger partial charge in [0.15, 0.2) is 0 Å². The van der Waals surface area contributed by atoms with E-state index in [0.29, 0.717) is 23.5 Å². The maximum absolute atomic E-state index is 12.4. The predicted molar refractivity (Wildman–Crippen MR) is 159 cm³/mol. The van der Waals surface area contributed by atoms with E-state index in [9.17, 15) is 9.90 Å². The molecule has 202 valence electrons. The minimum atomic E-state index is -0.879. The van der Waals surface area contributed by atoms with Gasteiger partial charge >= 0.3 is 6.09 Å². The van der Waals surface area contributed by atoms with Gasteiger partial charge in [0.2, 0.25) is 0 Å². The van der Waals surface area contributed by atoms with Gasteiger partial charge in [-0.3, -0.25) is 9.80 Å². The van der Waals surface area contributed by atoms with Gasteiger partial charge in [0.25, 0.3) is 0 Å². The third-order valence-electron chi connectivity index (χ3n) is 8.00. The number of anilines is 1. The van der Waals surface area contributed by atoms with Crippen LogP contribution in [0.25, 0.3) is 0 Å². The van der Waals surface area contributed by atoms with Crippen LogP contribution in [0.5, 0.6) is 5.75 Å². The number of aryl methyl sites for hydroxylation is 1. The zero-order chi connectivity index (χ0) is 26.2. The average molecular weight is 620 g/mol. The quantitative estimate of drug-likeness (QED) is 0.202. The first-order valence-electron chi connectivity index (χ1n) is 13.8. The fourth-order valence-electron chi connectivity index (χ4n) is 6.25. The van der Waals surface area contributed by atoms with Crippen LogP contribution in [0.4, 0.5) is 10.5 Å². The zero-order valence-corrected chi connectivity index (χ0v) is 24.5. The number of piperidine rings is 2. The van der Waals surface area contributed by atoms with Crippen LogP contribution in [-0.2, 0) is 6.54 Å². The van der Waals surface area contributed by atoms with Crippen molar-refractivity contribution in [2.45, 2.75) is 89.4 Å². The second-order valence-electron chi connectivity index (χ2n) is 10.7. The van der Waals surface area contributed by atoms with Crippen LogP contribution < -0.4 is 15.0 Å². The Balaban J connectivity index is 1.24. The minimum Gasteiger partial charge on any atom is -0.495 e. The number of rotatable bonds is 12. The van der Waals surface area contributed by atoms with Crippen LogP contribution >= 0.6 is 22.6 Å². The summed E-state index contributed by atoms with van der Waals surface area (Å²) in [5.41, 5.74) is 3.08. The Labute approximate surface area is 235 Å². The maximum atomic E-state index is 12.4. The summed E-state index contributed by atoms with van der Waals surface area (Å²) >= 11 is 2.37. The van der Waals surface area contributed by atoms with Crippen LogP contribution in [0.2, 0.25) is 0 Å². The van der Waals surface area contributed by atoms with Crippen LogP contribution in [0.15, 0.2) is 42.5 Å². The molecule has 0 spiro atoms. The number of hydrogen-bond acceptors (Lipinski definition) is 4. The number of methoxy groups -OCH3 is 1. The van der Waals surface area contributed by atoms with Crippen molar-refractivity contribution >= 4 is 34.4 Å². The largest absolute Gasteiger partial charge is 0.495 e. The zero-order valence-electron chi connectivity index (χ0n) is 22.3. The highest BCUT2D eigenvalue weighted by Gasteiger charge is 2.42. The molecule has 2 saturated heterocycles. The second kappa shape index (κ2) is 13.8. The first-order chi connectivity index (χ1) is 18.0. The van der Waals surface area contributed by atoms with Gasteiger partial charge in [0.05, 0.1) is 12.8 Å². The molecule has 2 unspecified atom stereocenters.